The van der Waals surface area contributed by atoms with Crippen LogP contribution in [0, 0.1) is 17.0 Å². The zero-order valence-electron chi connectivity index (χ0n) is 15.4. The van der Waals surface area contributed by atoms with E-state index in [1.807, 2.05) is 31.2 Å². The van der Waals surface area contributed by atoms with Gasteiger partial charge in [-0.3, -0.25) is 19.8 Å². The fourth-order valence-corrected chi connectivity index (χ4v) is 3.21. The van der Waals surface area contributed by atoms with Gasteiger partial charge in [0.05, 0.1) is 11.5 Å². The zero-order chi connectivity index (χ0) is 19.2. The van der Waals surface area contributed by atoms with Gasteiger partial charge in [-0.15, -0.1) is 0 Å². The number of nitro benzene ring substituents is 1. The van der Waals surface area contributed by atoms with Crippen LogP contribution in [-0.2, 0) is 11.3 Å². The first-order valence-electron chi connectivity index (χ1n) is 9.06. The molecule has 7 nitrogen and oxygen atoms in total. The molecular weight excluding hydrogens is 344 g/mol. The van der Waals surface area contributed by atoms with Crippen molar-refractivity contribution in [3.05, 3.63) is 69.8 Å². The van der Waals surface area contributed by atoms with Crippen molar-refractivity contribution in [2.24, 2.45) is 0 Å². The number of anilines is 1. The average molecular weight is 368 g/mol. The molecule has 0 saturated carbocycles. The van der Waals surface area contributed by atoms with Crippen molar-refractivity contribution in [3.63, 3.8) is 0 Å². The van der Waals surface area contributed by atoms with Crippen LogP contribution in [0.3, 0.4) is 0 Å². The minimum absolute atomic E-state index is 0.0297. The summed E-state index contributed by atoms with van der Waals surface area (Å²) < 4.78 is 0. The number of nitrogens with one attached hydrogen (secondary N) is 1. The maximum atomic E-state index is 12.2. The molecule has 0 aliphatic carbocycles. The quantitative estimate of drug-likeness (QED) is 0.625. The lowest BCUT2D eigenvalue weighted by Gasteiger charge is -2.35. The minimum atomic E-state index is -0.392. The third kappa shape index (κ3) is 5.04. The van der Waals surface area contributed by atoms with Gasteiger partial charge in [-0.2, -0.15) is 0 Å². The van der Waals surface area contributed by atoms with Crippen LogP contribution < -0.4 is 10.2 Å². The molecule has 2 aromatic rings. The number of non-ortho nitro benzene ring substituents is 1. The van der Waals surface area contributed by atoms with E-state index in [1.165, 1.54) is 17.7 Å². The number of carbonyl (C=O) groups excluding carboxylic acids is 1. The van der Waals surface area contributed by atoms with E-state index in [2.05, 4.69) is 15.1 Å². The molecule has 3 rings (SSSR count). The number of amides is 1. The molecule has 1 aliphatic heterocycles. The van der Waals surface area contributed by atoms with Gasteiger partial charge in [0.2, 0.25) is 5.91 Å². The van der Waals surface area contributed by atoms with Gasteiger partial charge in [-0.05, 0) is 30.2 Å². The first-order chi connectivity index (χ1) is 13.0. The number of nitrogens with zero attached hydrogens (tertiary/aromatic N) is 3. The molecule has 7 heteroatoms. The van der Waals surface area contributed by atoms with Crippen molar-refractivity contribution in [1.29, 1.82) is 0 Å². The van der Waals surface area contributed by atoms with Gasteiger partial charge in [0.15, 0.2) is 0 Å². The van der Waals surface area contributed by atoms with Crippen LogP contribution in [0.5, 0.6) is 0 Å². The number of rotatable bonds is 6. The maximum Gasteiger partial charge on any atom is 0.269 e. The van der Waals surface area contributed by atoms with Gasteiger partial charge in [0.25, 0.3) is 5.69 Å². The molecule has 2 aromatic carbocycles. The molecule has 0 unspecified atom stereocenters. The molecule has 1 amide bonds. The summed E-state index contributed by atoms with van der Waals surface area (Å²) in [6, 6.07) is 14.7. The van der Waals surface area contributed by atoms with Crippen LogP contribution in [0.1, 0.15) is 11.1 Å². The first-order valence-corrected chi connectivity index (χ1v) is 9.06. The number of piperazine rings is 1. The normalized spacial score (nSPS) is 14.8. The van der Waals surface area contributed by atoms with Crippen LogP contribution >= 0.6 is 0 Å². The third-order valence-corrected chi connectivity index (χ3v) is 4.90. The van der Waals surface area contributed by atoms with Gasteiger partial charge in [-0.1, -0.05) is 24.3 Å². The van der Waals surface area contributed by atoms with E-state index in [1.54, 1.807) is 12.1 Å². The highest BCUT2D eigenvalue weighted by molar-refractivity contribution is 5.78. The van der Waals surface area contributed by atoms with E-state index < -0.39 is 4.92 Å². The highest BCUT2D eigenvalue weighted by Crippen LogP contribution is 2.20. The van der Waals surface area contributed by atoms with E-state index in [0.29, 0.717) is 13.1 Å². The second kappa shape index (κ2) is 8.64. The molecule has 1 N–H and O–H groups in total. The zero-order valence-corrected chi connectivity index (χ0v) is 15.4. The summed E-state index contributed by atoms with van der Waals surface area (Å²) in [4.78, 5) is 26.9. The van der Waals surface area contributed by atoms with Crippen molar-refractivity contribution in [2.75, 3.05) is 37.6 Å². The van der Waals surface area contributed by atoms with Gasteiger partial charge in [0.1, 0.15) is 0 Å². The number of carbonyl (C=O) groups is 1. The number of aryl methyl sites for hydroxylation is 1. The van der Waals surface area contributed by atoms with Crippen molar-refractivity contribution >= 4 is 17.3 Å². The van der Waals surface area contributed by atoms with E-state index in [9.17, 15) is 14.9 Å². The van der Waals surface area contributed by atoms with Crippen molar-refractivity contribution in [3.8, 4) is 0 Å². The van der Waals surface area contributed by atoms with Crippen LogP contribution in [0.4, 0.5) is 11.4 Å². The molecule has 0 bridgehead atoms. The van der Waals surface area contributed by atoms with Gasteiger partial charge in [0, 0.05) is 50.5 Å². The Labute approximate surface area is 158 Å². The molecule has 27 heavy (non-hydrogen) atoms. The summed E-state index contributed by atoms with van der Waals surface area (Å²) in [5, 5.41) is 13.7. The van der Waals surface area contributed by atoms with E-state index >= 15 is 0 Å². The molecular formula is C20H24N4O3. The Bertz CT molecular complexity index is 799. The Balaban J connectivity index is 1.44. The SMILES string of the molecule is Cc1ccccc1CNC(=O)CN1CCN(c2ccc([N+](=O)[O-])cc2)CC1. The molecule has 142 valence electrons. The largest absolute Gasteiger partial charge is 0.369 e. The lowest BCUT2D eigenvalue weighted by molar-refractivity contribution is -0.384. The summed E-state index contributed by atoms with van der Waals surface area (Å²) in [6.45, 7) is 6.14. The number of hydrogen-bond acceptors (Lipinski definition) is 5. The van der Waals surface area contributed by atoms with Crippen molar-refractivity contribution in [2.45, 2.75) is 13.5 Å². The second-order valence-electron chi connectivity index (χ2n) is 6.74. The predicted molar refractivity (Wildman–Crippen MR) is 105 cm³/mol. The van der Waals surface area contributed by atoms with Crippen LogP contribution in [-0.4, -0.2) is 48.5 Å². The van der Waals surface area contributed by atoms with Crippen LogP contribution in [0.25, 0.3) is 0 Å². The number of benzene rings is 2. The maximum absolute atomic E-state index is 12.2. The Morgan fingerprint density at radius 3 is 2.37 bits per heavy atom. The van der Waals surface area contributed by atoms with Crippen molar-refractivity contribution < 1.29 is 9.72 Å². The molecule has 0 radical (unpaired) electrons. The average Bonchev–Trinajstić information content (AvgIpc) is 2.68. The summed E-state index contributed by atoms with van der Waals surface area (Å²) in [7, 11) is 0. The number of hydrogen-bond donors (Lipinski definition) is 1. The van der Waals surface area contributed by atoms with Crippen LogP contribution in [0.15, 0.2) is 48.5 Å². The monoisotopic (exact) mass is 368 g/mol. The Hall–Kier alpha value is -2.93. The molecule has 0 atom stereocenters. The lowest BCUT2D eigenvalue weighted by atomic mass is 10.1. The first kappa shape index (κ1) is 18.8. The minimum Gasteiger partial charge on any atom is -0.369 e. The topological polar surface area (TPSA) is 78.7 Å². The molecule has 0 aromatic heterocycles. The molecule has 1 heterocycles. The molecule has 1 fully saturated rings. The fourth-order valence-electron chi connectivity index (χ4n) is 3.21. The fraction of sp³-hybridized carbons (Fsp3) is 0.350. The number of nitro groups is 1. The third-order valence-electron chi connectivity index (χ3n) is 4.90. The molecule has 0 spiro atoms. The summed E-state index contributed by atoms with van der Waals surface area (Å²) in [5.74, 6) is 0.0297. The summed E-state index contributed by atoms with van der Waals surface area (Å²) in [5.41, 5.74) is 3.38. The Morgan fingerprint density at radius 2 is 1.74 bits per heavy atom. The van der Waals surface area contributed by atoms with Crippen LogP contribution in [0.2, 0.25) is 0 Å². The summed E-state index contributed by atoms with van der Waals surface area (Å²) >= 11 is 0. The Morgan fingerprint density at radius 1 is 1.07 bits per heavy atom. The van der Waals surface area contributed by atoms with Gasteiger partial charge >= 0.3 is 0 Å². The highest BCUT2D eigenvalue weighted by Gasteiger charge is 2.19. The van der Waals surface area contributed by atoms with Gasteiger partial charge in [-0.25, -0.2) is 0 Å². The highest BCUT2D eigenvalue weighted by atomic mass is 16.6. The van der Waals surface area contributed by atoms with E-state index in [4.69, 9.17) is 0 Å². The predicted octanol–water partition coefficient (Wildman–Crippen LogP) is 2.34. The Kier molecular flexibility index (Phi) is 6.03. The van der Waals surface area contributed by atoms with Gasteiger partial charge < -0.3 is 10.2 Å². The summed E-state index contributed by atoms with van der Waals surface area (Å²) in [6.07, 6.45) is 0. The second-order valence-corrected chi connectivity index (χ2v) is 6.74. The molecule has 1 aliphatic rings. The van der Waals surface area contributed by atoms with Crippen molar-refractivity contribution in [1.82, 2.24) is 10.2 Å². The smallest absolute Gasteiger partial charge is 0.269 e. The van der Waals surface area contributed by atoms with E-state index in [0.717, 1.165) is 37.4 Å². The van der Waals surface area contributed by atoms with E-state index in [-0.39, 0.29) is 11.6 Å². The standard InChI is InChI=1S/C20H24N4O3/c1-16-4-2-3-5-17(16)14-21-20(25)15-22-10-12-23(13-11-22)18-6-8-19(9-7-18)24(26)27/h2-9H,10-15H2,1H3,(H,21,25). The lowest BCUT2D eigenvalue weighted by Crippen LogP contribution is -2.49. The molecule has 1 saturated heterocycles.